The molecule has 2 aromatic heterocycles. The highest BCUT2D eigenvalue weighted by molar-refractivity contribution is 7.21. The van der Waals surface area contributed by atoms with Gasteiger partial charge in [0.15, 0.2) is 11.8 Å². The number of carbonyl (C=O) groups is 2. The van der Waals surface area contributed by atoms with E-state index in [0.29, 0.717) is 27.8 Å². The molecule has 0 saturated heterocycles. The van der Waals surface area contributed by atoms with Crippen molar-refractivity contribution in [3.63, 3.8) is 0 Å². The normalized spacial score (nSPS) is 15.2. The van der Waals surface area contributed by atoms with Gasteiger partial charge in [-0.1, -0.05) is 12.1 Å². The number of para-hydroxylation sites is 1. The van der Waals surface area contributed by atoms with Crippen LogP contribution in [-0.2, 0) is 4.79 Å². The highest BCUT2D eigenvalue weighted by atomic mass is 32.1. The highest BCUT2D eigenvalue weighted by Gasteiger charge is 2.24. The predicted molar refractivity (Wildman–Crippen MR) is 114 cm³/mol. The van der Waals surface area contributed by atoms with Gasteiger partial charge in [-0.3, -0.25) is 9.59 Å². The summed E-state index contributed by atoms with van der Waals surface area (Å²) in [4.78, 5) is 37.9. The number of nitrogens with one attached hydrogen (secondary N) is 2. The Labute approximate surface area is 175 Å². The standard InChI is InChI=1S/C21H15N5O3S/c1-11-19(27)25-14-10-12(6-7-15(14)29-11)24-20(28)17-18(23-9-8-22-17)21-26-13-4-2-3-5-16(13)30-21/h2-11H,1H3,(H,24,28)(H,25,27)/t11-/m0/s1. The molecule has 0 radical (unpaired) electrons. The van der Waals surface area contributed by atoms with Crippen LogP contribution >= 0.6 is 11.3 Å². The molecular weight excluding hydrogens is 402 g/mol. The molecule has 148 valence electrons. The smallest absolute Gasteiger partial charge is 0.276 e. The first kappa shape index (κ1) is 18.2. The van der Waals surface area contributed by atoms with Gasteiger partial charge in [0.05, 0.1) is 15.9 Å². The molecule has 2 amide bonds. The molecule has 5 rings (SSSR count). The van der Waals surface area contributed by atoms with Crippen molar-refractivity contribution in [1.82, 2.24) is 15.0 Å². The van der Waals surface area contributed by atoms with E-state index in [4.69, 9.17) is 4.74 Å². The number of fused-ring (bicyclic) bond motifs is 2. The van der Waals surface area contributed by atoms with Crippen molar-refractivity contribution < 1.29 is 14.3 Å². The van der Waals surface area contributed by atoms with Crippen LogP contribution in [0.1, 0.15) is 17.4 Å². The summed E-state index contributed by atoms with van der Waals surface area (Å²) in [6, 6.07) is 12.8. The molecular formula is C21H15N5O3S. The Morgan fingerprint density at radius 3 is 2.87 bits per heavy atom. The molecule has 0 aliphatic carbocycles. The average molecular weight is 417 g/mol. The third-order valence-electron chi connectivity index (χ3n) is 4.58. The van der Waals surface area contributed by atoms with Gasteiger partial charge in [0.1, 0.15) is 16.5 Å². The zero-order chi connectivity index (χ0) is 20.7. The highest BCUT2D eigenvalue weighted by Crippen LogP contribution is 2.33. The topological polar surface area (TPSA) is 106 Å². The van der Waals surface area contributed by atoms with Crippen LogP contribution in [0.4, 0.5) is 11.4 Å². The van der Waals surface area contributed by atoms with Crippen LogP contribution in [-0.4, -0.2) is 32.9 Å². The molecule has 0 fully saturated rings. The van der Waals surface area contributed by atoms with Crippen molar-refractivity contribution >= 4 is 44.7 Å². The van der Waals surface area contributed by atoms with Gasteiger partial charge in [-0.05, 0) is 37.3 Å². The summed E-state index contributed by atoms with van der Waals surface area (Å²) < 4.78 is 6.54. The fraction of sp³-hybridized carbons (Fsp3) is 0.0952. The van der Waals surface area contributed by atoms with Crippen LogP contribution < -0.4 is 15.4 Å². The van der Waals surface area contributed by atoms with Crippen LogP contribution in [0.5, 0.6) is 5.75 Å². The van der Waals surface area contributed by atoms with Crippen molar-refractivity contribution in [2.45, 2.75) is 13.0 Å². The van der Waals surface area contributed by atoms with Crippen molar-refractivity contribution in [2.75, 3.05) is 10.6 Å². The summed E-state index contributed by atoms with van der Waals surface area (Å²) in [7, 11) is 0. The molecule has 0 spiro atoms. The minimum atomic E-state index is -0.561. The number of benzene rings is 2. The minimum Gasteiger partial charge on any atom is -0.479 e. The van der Waals surface area contributed by atoms with E-state index in [1.165, 1.54) is 23.7 Å². The third kappa shape index (κ3) is 3.25. The maximum absolute atomic E-state index is 13.0. The van der Waals surface area contributed by atoms with Gasteiger partial charge in [0.25, 0.3) is 11.8 Å². The van der Waals surface area contributed by atoms with Gasteiger partial charge in [0.2, 0.25) is 0 Å². The molecule has 0 unspecified atom stereocenters. The molecule has 0 bridgehead atoms. The predicted octanol–water partition coefficient (Wildman–Crippen LogP) is 3.73. The third-order valence-corrected chi connectivity index (χ3v) is 5.62. The van der Waals surface area contributed by atoms with E-state index < -0.39 is 12.0 Å². The lowest BCUT2D eigenvalue weighted by Gasteiger charge is -2.23. The Morgan fingerprint density at radius 1 is 1.17 bits per heavy atom. The maximum Gasteiger partial charge on any atom is 0.276 e. The summed E-state index contributed by atoms with van der Waals surface area (Å²) in [6.07, 6.45) is 2.44. The number of rotatable bonds is 3. The monoisotopic (exact) mass is 417 g/mol. The number of carbonyl (C=O) groups excluding carboxylic acids is 2. The lowest BCUT2D eigenvalue weighted by molar-refractivity contribution is -0.122. The minimum absolute atomic E-state index is 0.170. The van der Waals surface area contributed by atoms with E-state index in [1.807, 2.05) is 24.3 Å². The molecule has 1 aliphatic rings. The van der Waals surface area contributed by atoms with E-state index in [0.717, 1.165) is 10.2 Å². The number of anilines is 2. The summed E-state index contributed by atoms with van der Waals surface area (Å²) in [5.74, 6) is -0.110. The van der Waals surface area contributed by atoms with Gasteiger partial charge in [-0.15, -0.1) is 11.3 Å². The zero-order valence-electron chi connectivity index (χ0n) is 15.7. The SMILES string of the molecule is C[C@@H]1Oc2ccc(NC(=O)c3nccnc3-c3nc4ccccc4s3)cc2NC1=O. The van der Waals surface area contributed by atoms with E-state index in [9.17, 15) is 9.59 Å². The summed E-state index contributed by atoms with van der Waals surface area (Å²) in [6.45, 7) is 1.67. The van der Waals surface area contributed by atoms with Gasteiger partial charge < -0.3 is 15.4 Å². The Hall–Kier alpha value is -3.85. The van der Waals surface area contributed by atoms with E-state index in [2.05, 4.69) is 25.6 Å². The number of hydrogen-bond donors (Lipinski definition) is 2. The lowest BCUT2D eigenvalue weighted by atomic mass is 10.2. The molecule has 8 nitrogen and oxygen atoms in total. The van der Waals surface area contributed by atoms with E-state index >= 15 is 0 Å². The fourth-order valence-electron chi connectivity index (χ4n) is 3.11. The van der Waals surface area contributed by atoms with E-state index in [1.54, 1.807) is 25.1 Å². The first-order chi connectivity index (χ1) is 14.6. The second kappa shape index (κ2) is 7.20. The molecule has 4 aromatic rings. The van der Waals surface area contributed by atoms with Gasteiger partial charge in [-0.2, -0.15) is 0 Å². The van der Waals surface area contributed by atoms with Crippen molar-refractivity contribution in [3.05, 3.63) is 60.6 Å². The van der Waals surface area contributed by atoms with Gasteiger partial charge in [-0.25, -0.2) is 15.0 Å². The second-order valence-electron chi connectivity index (χ2n) is 6.65. The van der Waals surface area contributed by atoms with E-state index in [-0.39, 0.29) is 11.6 Å². The first-order valence-corrected chi connectivity index (χ1v) is 10.00. The Kier molecular flexibility index (Phi) is 4.36. The number of nitrogens with zero attached hydrogens (tertiary/aromatic N) is 3. The van der Waals surface area contributed by atoms with Crippen LogP contribution in [0, 0.1) is 0 Å². The molecule has 9 heteroatoms. The number of aromatic nitrogens is 3. The quantitative estimate of drug-likeness (QED) is 0.526. The van der Waals surface area contributed by atoms with Crippen molar-refractivity contribution in [1.29, 1.82) is 0 Å². The van der Waals surface area contributed by atoms with Gasteiger partial charge >= 0.3 is 0 Å². The Morgan fingerprint density at radius 2 is 2.00 bits per heavy atom. The molecule has 1 aliphatic heterocycles. The summed E-state index contributed by atoms with van der Waals surface area (Å²) in [5, 5.41) is 6.19. The Balaban J connectivity index is 1.45. The molecule has 3 heterocycles. The molecule has 2 aromatic carbocycles. The zero-order valence-corrected chi connectivity index (χ0v) is 16.6. The maximum atomic E-state index is 13.0. The summed E-state index contributed by atoms with van der Waals surface area (Å²) in [5.41, 5.74) is 2.43. The van der Waals surface area contributed by atoms with Crippen LogP contribution in [0.2, 0.25) is 0 Å². The Bertz CT molecular complexity index is 1270. The van der Waals surface area contributed by atoms with Crippen LogP contribution in [0.3, 0.4) is 0 Å². The van der Waals surface area contributed by atoms with Crippen LogP contribution in [0.15, 0.2) is 54.9 Å². The fourth-order valence-corrected chi connectivity index (χ4v) is 4.07. The number of hydrogen-bond acceptors (Lipinski definition) is 7. The average Bonchev–Trinajstić information content (AvgIpc) is 3.19. The van der Waals surface area contributed by atoms with Crippen LogP contribution in [0.25, 0.3) is 20.9 Å². The number of amides is 2. The number of ether oxygens (including phenoxy) is 1. The molecule has 2 N–H and O–H groups in total. The molecule has 30 heavy (non-hydrogen) atoms. The second-order valence-corrected chi connectivity index (χ2v) is 7.69. The first-order valence-electron chi connectivity index (χ1n) is 9.18. The van der Waals surface area contributed by atoms with Gasteiger partial charge in [0, 0.05) is 18.1 Å². The van der Waals surface area contributed by atoms with Crippen molar-refractivity contribution in [3.8, 4) is 16.5 Å². The lowest BCUT2D eigenvalue weighted by Crippen LogP contribution is -2.34. The number of thiazole rings is 1. The largest absolute Gasteiger partial charge is 0.479 e. The molecule has 1 atom stereocenters. The van der Waals surface area contributed by atoms with Crippen molar-refractivity contribution in [2.24, 2.45) is 0 Å². The summed E-state index contributed by atoms with van der Waals surface area (Å²) >= 11 is 1.45. The molecule has 0 saturated carbocycles.